The van der Waals surface area contributed by atoms with Gasteiger partial charge in [-0.1, -0.05) is 13.3 Å². The van der Waals surface area contributed by atoms with Gasteiger partial charge in [-0.25, -0.2) is 9.71 Å². The van der Waals surface area contributed by atoms with Gasteiger partial charge in [0.25, 0.3) is 0 Å². The van der Waals surface area contributed by atoms with Crippen LogP contribution in [-0.4, -0.2) is 44.4 Å². The minimum absolute atomic E-state index is 0.0282. The average Bonchev–Trinajstić information content (AvgIpc) is 2.81. The number of nitrogens with one attached hydrogen (secondary N) is 1. The molecule has 0 aromatic carbocycles. The molecule has 0 aliphatic rings. The van der Waals surface area contributed by atoms with Crippen molar-refractivity contribution in [3.8, 4) is 0 Å². The van der Waals surface area contributed by atoms with Crippen LogP contribution in [0.4, 0.5) is 5.13 Å². The quantitative estimate of drug-likeness (QED) is 0.728. The lowest BCUT2D eigenvalue weighted by molar-refractivity contribution is -0.139. The zero-order chi connectivity index (χ0) is 15.2. The molecule has 0 saturated carbocycles. The van der Waals surface area contributed by atoms with Crippen LogP contribution in [0.15, 0.2) is 5.38 Å². The second kappa shape index (κ2) is 7.55. The third kappa shape index (κ3) is 5.06. The Morgan fingerprint density at radius 2 is 2.25 bits per heavy atom. The van der Waals surface area contributed by atoms with Crippen molar-refractivity contribution >= 4 is 32.6 Å². The number of anilines is 1. The molecule has 0 radical (unpaired) electrons. The maximum Gasteiger partial charge on any atom is 0.311 e. The molecule has 0 aliphatic carbocycles. The van der Waals surface area contributed by atoms with Crippen LogP contribution < -0.4 is 4.72 Å². The monoisotopic (exact) mass is 321 g/mol. The summed E-state index contributed by atoms with van der Waals surface area (Å²) in [5, 5.41) is 1.87. The maximum absolute atomic E-state index is 12.0. The van der Waals surface area contributed by atoms with Crippen LogP contribution in [0.1, 0.15) is 25.5 Å². The van der Waals surface area contributed by atoms with Gasteiger partial charge in [-0.05, 0) is 6.42 Å². The van der Waals surface area contributed by atoms with Crippen LogP contribution in [0, 0.1) is 0 Å². The van der Waals surface area contributed by atoms with Crippen LogP contribution in [0.25, 0.3) is 0 Å². The Morgan fingerprint density at radius 1 is 1.55 bits per heavy atom. The van der Waals surface area contributed by atoms with Crippen molar-refractivity contribution in [2.24, 2.45) is 0 Å². The third-order valence-corrected chi connectivity index (χ3v) is 4.95. The van der Waals surface area contributed by atoms with Crippen molar-refractivity contribution < 1.29 is 17.9 Å². The summed E-state index contributed by atoms with van der Waals surface area (Å²) in [6, 6.07) is 0. The van der Waals surface area contributed by atoms with E-state index in [0.29, 0.717) is 12.2 Å². The van der Waals surface area contributed by atoms with E-state index in [1.165, 1.54) is 18.5 Å². The van der Waals surface area contributed by atoms with Crippen LogP contribution in [0.5, 0.6) is 0 Å². The molecule has 9 heteroatoms. The van der Waals surface area contributed by atoms with Crippen LogP contribution >= 0.6 is 11.3 Å². The fourth-order valence-electron chi connectivity index (χ4n) is 1.34. The molecule has 0 fully saturated rings. The van der Waals surface area contributed by atoms with Crippen molar-refractivity contribution in [2.45, 2.75) is 26.2 Å². The van der Waals surface area contributed by atoms with Gasteiger partial charge in [0.2, 0.25) is 0 Å². The number of aromatic nitrogens is 1. The Labute approximate surface area is 123 Å². The summed E-state index contributed by atoms with van der Waals surface area (Å²) in [5.74, 6) is -0.412. The SMILES string of the molecule is CCCCN(C)S(=O)(=O)Nc1nc(CC(=O)OC)cs1. The number of thiazole rings is 1. The van der Waals surface area contributed by atoms with E-state index in [1.54, 1.807) is 5.38 Å². The predicted molar refractivity (Wildman–Crippen MR) is 77.9 cm³/mol. The van der Waals surface area contributed by atoms with Gasteiger partial charge >= 0.3 is 16.2 Å². The molecule has 20 heavy (non-hydrogen) atoms. The number of hydrogen-bond donors (Lipinski definition) is 1. The van der Waals surface area contributed by atoms with Crippen LogP contribution in [0.2, 0.25) is 0 Å². The zero-order valence-corrected chi connectivity index (χ0v) is 13.4. The van der Waals surface area contributed by atoms with Gasteiger partial charge in [-0.15, -0.1) is 11.3 Å². The first-order valence-electron chi connectivity index (χ1n) is 6.14. The molecule has 0 amide bonds. The second-order valence-electron chi connectivity index (χ2n) is 4.18. The van der Waals surface area contributed by atoms with Crippen molar-refractivity contribution in [3.05, 3.63) is 11.1 Å². The van der Waals surface area contributed by atoms with Crippen molar-refractivity contribution in [1.29, 1.82) is 0 Å². The van der Waals surface area contributed by atoms with Crippen LogP contribution in [0.3, 0.4) is 0 Å². The lowest BCUT2D eigenvalue weighted by atomic mass is 10.3. The zero-order valence-electron chi connectivity index (χ0n) is 11.7. The molecule has 1 heterocycles. The highest BCUT2D eigenvalue weighted by Crippen LogP contribution is 2.18. The van der Waals surface area contributed by atoms with Crippen molar-refractivity contribution in [2.75, 3.05) is 25.4 Å². The first-order valence-corrected chi connectivity index (χ1v) is 8.46. The summed E-state index contributed by atoms with van der Waals surface area (Å²) >= 11 is 1.13. The minimum Gasteiger partial charge on any atom is -0.469 e. The first kappa shape index (κ1) is 16.9. The van der Waals surface area contributed by atoms with E-state index in [9.17, 15) is 13.2 Å². The number of nitrogens with zero attached hydrogens (tertiary/aromatic N) is 2. The topological polar surface area (TPSA) is 88.6 Å². The van der Waals surface area contributed by atoms with E-state index in [4.69, 9.17) is 0 Å². The Balaban J connectivity index is 2.66. The molecule has 1 rings (SSSR count). The molecule has 1 aromatic heterocycles. The van der Waals surface area contributed by atoms with Crippen LogP contribution in [-0.2, 0) is 26.2 Å². The van der Waals surface area contributed by atoms with Crippen molar-refractivity contribution in [1.82, 2.24) is 9.29 Å². The number of ether oxygens (including phenoxy) is 1. The molecule has 0 bridgehead atoms. The summed E-state index contributed by atoms with van der Waals surface area (Å²) in [6.07, 6.45) is 1.74. The summed E-state index contributed by atoms with van der Waals surface area (Å²) in [4.78, 5) is 15.1. The molecule has 0 aliphatic heterocycles. The lowest BCUT2D eigenvalue weighted by Crippen LogP contribution is -2.33. The number of carbonyl (C=O) groups excluding carboxylic acids is 1. The summed E-state index contributed by atoms with van der Waals surface area (Å²) < 4.78 is 32.1. The normalized spacial score (nSPS) is 11.6. The standard InChI is InChI=1S/C11H19N3O4S2/c1-4-5-6-14(2)20(16,17)13-11-12-9(8-19-11)7-10(15)18-3/h8H,4-7H2,1-3H3,(H,12,13). The Kier molecular flexibility index (Phi) is 6.37. The molecule has 114 valence electrons. The Hall–Kier alpha value is -1.19. The molecule has 0 spiro atoms. The second-order valence-corrected chi connectivity index (χ2v) is 6.81. The lowest BCUT2D eigenvalue weighted by Gasteiger charge is -2.16. The largest absolute Gasteiger partial charge is 0.469 e. The van der Waals surface area contributed by atoms with Gasteiger partial charge in [0, 0.05) is 19.0 Å². The number of rotatable bonds is 8. The van der Waals surface area contributed by atoms with Gasteiger partial charge in [-0.2, -0.15) is 12.7 Å². The Morgan fingerprint density at radius 3 is 2.85 bits per heavy atom. The highest BCUT2D eigenvalue weighted by Gasteiger charge is 2.19. The fourth-order valence-corrected chi connectivity index (χ4v) is 3.20. The van der Waals surface area contributed by atoms with E-state index >= 15 is 0 Å². The van der Waals surface area contributed by atoms with E-state index in [1.807, 2.05) is 6.92 Å². The van der Waals surface area contributed by atoms with E-state index in [0.717, 1.165) is 24.2 Å². The predicted octanol–water partition coefficient (Wildman–Crippen LogP) is 1.25. The number of esters is 1. The van der Waals surface area contributed by atoms with E-state index in [2.05, 4.69) is 14.4 Å². The van der Waals surface area contributed by atoms with Gasteiger partial charge in [0.15, 0.2) is 5.13 Å². The summed E-state index contributed by atoms with van der Waals surface area (Å²) in [5.41, 5.74) is 0.482. The van der Waals surface area contributed by atoms with Gasteiger partial charge in [0.1, 0.15) is 0 Å². The number of carbonyl (C=O) groups is 1. The molecule has 7 nitrogen and oxygen atoms in total. The molecular weight excluding hydrogens is 302 g/mol. The summed E-state index contributed by atoms with van der Waals surface area (Å²) in [7, 11) is -0.784. The fraction of sp³-hybridized carbons (Fsp3) is 0.636. The van der Waals surface area contributed by atoms with Gasteiger partial charge in [0.05, 0.1) is 19.2 Å². The highest BCUT2D eigenvalue weighted by atomic mass is 32.2. The van der Waals surface area contributed by atoms with Crippen molar-refractivity contribution in [3.63, 3.8) is 0 Å². The molecule has 0 saturated heterocycles. The number of unbranched alkanes of at least 4 members (excludes halogenated alkanes) is 1. The maximum atomic E-state index is 12.0. The molecular formula is C11H19N3O4S2. The summed E-state index contributed by atoms with van der Waals surface area (Å²) in [6.45, 7) is 2.44. The van der Waals surface area contributed by atoms with E-state index in [-0.39, 0.29) is 11.6 Å². The Bertz CT molecular complexity index is 542. The third-order valence-electron chi connectivity index (χ3n) is 2.56. The average molecular weight is 321 g/mol. The molecule has 0 atom stereocenters. The molecule has 1 N–H and O–H groups in total. The molecule has 0 unspecified atom stereocenters. The van der Waals surface area contributed by atoms with Gasteiger partial charge in [-0.3, -0.25) is 4.79 Å². The highest BCUT2D eigenvalue weighted by molar-refractivity contribution is 7.90. The smallest absolute Gasteiger partial charge is 0.311 e. The number of methoxy groups -OCH3 is 1. The minimum atomic E-state index is -3.59. The number of hydrogen-bond acceptors (Lipinski definition) is 6. The van der Waals surface area contributed by atoms with Gasteiger partial charge < -0.3 is 4.74 Å². The first-order chi connectivity index (χ1) is 9.39. The molecule has 1 aromatic rings. The van der Waals surface area contributed by atoms with E-state index < -0.39 is 16.2 Å².